The van der Waals surface area contributed by atoms with Crippen molar-refractivity contribution in [1.82, 2.24) is 9.13 Å². The van der Waals surface area contributed by atoms with E-state index in [2.05, 4.69) is 19.9 Å². The normalized spacial score (nSPS) is 22.2. The van der Waals surface area contributed by atoms with E-state index in [1.54, 1.807) is 17.0 Å². The quantitative estimate of drug-likeness (QED) is 0.369. The Morgan fingerprint density at radius 1 is 0.974 bits per heavy atom. The fraction of sp³-hybridized carbons (Fsp3) is 0.379. The maximum atomic E-state index is 13.6. The van der Waals surface area contributed by atoms with Gasteiger partial charge in [-0.15, -0.1) is 0 Å². The molecule has 3 aromatic rings. The summed E-state index contributed by atoms with van der Waals surface area (Å²) in [5.41, 5.74) is 5.46. The lowest BCUT2D eigenvalue weighted by Gasteiger charge is -2.40. The van der Waals surface area contributed by atoms with Crippen LogP contribution in [0.25, 0.3) is 22.3 Å². The van der Waals surface area contributed by atoms with E-state index in [0.717, 1.165) is 47.9 Å². The number of sulfonamides is 1. The molecule has 0 aliphatic heterocycles. The van der Waals surface area contributed by atoms with E-state index in [4.69, 9.17) is 9.88 Å². The fourth-order valence-corrected chi connectivity index (χ4v) is 6.73. The molecule has 3 aliphatic carbocycles. The Balaban J connectivity index is 1.20. The molecule has 3 atom stereocenters. The average Bonchev–Trinajstić information content (AvgIpc) is 3.45. The van der Waals surface area contributed by atoms with Crippen molar-refractivity contribution >= 4 is 21.8 Å². The molecule has 1 fully saturated rings. The van der Waals surface area contributed by atoms with Crippen LogP contribution >= 0.6 is 0 Å². The number of primary sulfonamides is 1. The summed E-state index contributed by atoms with van der Waals surface area (Å²) in [5, 5.41) is 5.15. The number of hydrogen-bond donors (Lipinski definition) is 1. The predicted molar refractivity (Wildman–Crippen MR) is 143 cm³/mol. The number of ether oxygens (including phenoxy) is 1. The second-order valence-electron chi connectivity index (χ2n) is 10.9. The number of rotatable bonds is 5. The van der Waals surface area contributed by atoms with Crippen molar-refractivity contribution in [2.75, 3.05) is 0 Å². The van der Waals surface area contributed by atoms with Crippen molar-refractivity contribution < 1.29 is 22.7 Å². The van der Waals surface area contributed by atoms with Crippen LogP contribution in [0.1, 0.15) is 61.1 Å². The van der Waals surface area contributed by atoms with E-state index >= 15 is 0 Å². The summed E-state index contributed by atoms with van der Waals surface area (Å²) in [7, 11) is -3.82. The van der Waals surface area contributed by atoms with E-state index in [0.29, 0.717) is 11.5 Å². The minimum Gasteiger partial charge on any atom is -0.375 e. The standard InChI is InChI=1S/C29H31N3O5S/c1-17(2)37-27-12-20(11-19-5-3-4-6-22(19)27)29(34)32-15-25-23-13-31(14-24(23)26(25)16-32)28(33)18-7-9-21(10-8-18)38(30,35)36/h5,7-10,13-17,20,22,27H,3-4,6,11-12H2,1-2H3,(H2,30,35,36). The highest BCUT2D eigenvalue weighted by molar-refractivity contribution is 7.89. The maximum Gasteiger partial charge on any atom is 0.261 e. The SMILES string of the molecule is CC(C)OC1CC(C(=O)n2cc3c(c2)-c2cn(C(=O)c4ccc(S(N)(=O)=O)cc4)cc2-3)CC2=CCCCC21. The zero-order chi connectivity index (χ0) is 26.8. The average molecular weight is 534 g/mol. The van der Waals surface area contributed by atoms with Gasteiger partial charge in [0.05, 0.1) is 17.1 Å². The summed E-state index contributed by atoms with van der Waals surface area (Å²) >= 11 is 0. The number of aromatic nitrogens is 2. The monoisotopic (exact) mass is 533 g/mol. The molecule has 0 saturated heterocycles. The molecule has 0 bridgehead atoms. The van der Waals surface area contributed by atoms with Crippen molar-refractivity contribution in [3.63, 3.8) is 0 Å². The summed E-state index contributed by atoms with van der Waals surface area (Å²) < 4.78 is 32.5. The molecule has 0 amide bonds. The molecule has 1 aromatic carbocycles. The number of nitrogens with zero attached hydrogens (tertiary/aromatic N) is 2. The van der Waals surface area contributed by atoms with E-state index in [1.165, 1.54) is 40.8 Å². The summed E-state index contributed by atoms with van der Waals surface area (Å²) in [6.07, 6.45) is 14.7. The van der Waals surface area contributed by atoms with Gasteiger partial charge in [0.2, 0.25) is 15.9 Å². The van der Waals surface area contributed by atoms with E-state index in [1.807, 2.05) is 12.4 Å². The Bertz CT molecular complexity index is 1540. The summed E-state index contributed by atoms with van der Waals surface area (Å²) in [4.78, 5) is 26.5. The van der Waals surface area contributed by atoms with Crippen LogP contribution in [0.4, 0.5) is 0 Å². The second-order valence-corrected chi connectivity index (χ2v) is 12.4. The van der Waals surface area contributed by atoms with E-state index in [9.17, 15) is 18.0 Å². The third-order valence-electron chi connectivity index (χ3n) is 8.00. The van der Waals surface area contributed by atoms with Gasteiger partial charge in [-0.2, -0.15) is 0 Å². The number of fused-ring (bicyclic) bond motifs is 5. The minimum absolute atomic E-state index is 0.0443. The second kappa shape index (κ2) is 9.18. The highest BCUT2D eigenvalue weighted by atomic mass is 32.2. The van der Waals surface area contributed by atoms with Crippen LogP contribution in [-0.2, 0) is 14.8 Å². The Labute approximate surface area is 222 Å². The topological polar surface area (TPSA) is 113 Å². The van der Waals surface area contributed by atoms with Crippen molar-refractivity contribution in [1.29, 1.82) is 0 Å². The van der Waals surface area contributed by atoms with Gasteiger partial charge in [-0.1, -0.05) is 11.6 Å². The Morgan fingerprint density at radius 3 is 2.16 bits per heavy atom. The first-order valence-corrected chi connectivity index (χ1v) is 14.7. The Hall–Kier alpha value is -3.27. The molecular formula is C29H31N3O5S. The molecule has 9 heteroatoms. The molecule has 2 N–H and O–H groups in total. The summed E-state index contributed by atoms with van der Waals surface area (Å²) in [5.74, 6) is 0.118. The third-order valence-corrected chi connectivity index (χ3v) is 8.93. The number of nitrogens with two attached hydrogens (primary N) is 1. The molecule has 38 heavy (non-hydrogen) atoms. The predicted octanol–water partition coefficient (Wildman–Crippen LogP) is 4.84. The molecule has 6 rings (SSSR count). The smallest absolute Gasteiger partial charge is 0.261 e. The van der Waals surface area contributed by atoms with Crippen LogP contribution in [0.15, 0.2) is 65.6 Å². The Morgan fingerprint density at radius 2 is 1.58 bits per heavy atom. The molecule has 2 aromatic heterocycles. The zero-order valence-corrected chi connectivity index (χ0v) is 22.3. The molecule has 1 saturated carbocycles. The number of benzene rings is 1. The van der Waals surface area contributed by atoms with Gasteiger partial charge in [0.25, 0.3) is 5.91 Å². The van der Waals surface area contributed by atoms with Gasteiger partial charge in [0.15, 0.2) is 0 Å². The lowest BCUT2D eigenvalue weighted by atomic mass is 9.71. The molecule has 8 nitrogen and oxygen atoms in total. The lowest BCUT2D eigenvalue weighted by molar-refractivity contribution is -0.0431. The van der Waals surface area contributed by atoms with Crippen LogP contribution in [-0.4, -0.2) is 41.6 Å². The van der Waals surface area contributed by atoms with Gasteiger partial charge in [-0.05, 0) is 70.2 Å². The van der Waals surface area contributed by atoms with Crippen LogP contribution < -0.4 is 5.14 Å². The Kier molecular flexibility index (Phi) is 6.05. The highest BCUT2D eigenvalue weighted by Gasteiger charge is 2.40. The van der Waals surface area contributed by atoms with Crippen molar-refractivity contribution in [3.8, 4) is 22.3 Å². The molecule has 3 aliphatic rings. The zero-order valence-electron chi connectivity index (χ0n) is 21.5. The van der Waals surface area contributed by atoms with Gasteiger partial charge in [0, 0.05) is 64.4 Å². The van der Waals surface area contributed by atoms with Crippen LogP contribution in [0.3, 0.4) is 0 Å². The number of allylic oxidation sites excluding steroid dienone is 1. The maximum absolute atomic E-state index is 13.6. The minimum atomic E-state index is -3.82. The van der Waals surface area contributed by atoms with Gasteiger partial charge < -0.3 is 4.74 Å². The molecular weight excluding hydrogens is 502 g/mol. The van der Waals surface area contributed by atoms with Gasteiger partial charge in [-0.25, -0.2) is 13.6 Å². The third kappa shape index (κ3) is 4.28. The van der Waals surface area contributed by atoms with Gasteiger partial charge >= 0.3 is 0 Å². The number of carbonyl (C=O) groups excluding carboxylic acids is 2. The van der Waals surface area contributed by atoms with Crippen molar-refractivity contribution in [2.45, 2.75) is 63.1 Å². The molecule has 198 valence electrons. The van der Waals surface area contributed by atoms with E-state index < -0.39 is 10.0 Å². The first-order valence-electron chi connectivity index (χ1n) is 13.1. The van der Waals surface area contributed by atoms with Crippen LogP contribution in [0.2, 0.25) is 0 Å². The number of hydrogen-bond acceptors (Lipinski definition) is 5. The lowest BCUT2D eigenvalue weighted by Crippen LogP contribution is -2.39. The summed E-state index contributed by atoms with van der Waals surface area (Å²) in [6, 6.07) is 5.55. The fourth-order valence-electron chi connectivity index (χ4n) is 6.22. The molecule has 3 unspecified atom stereocenters. The molecule has 0 radical (unpaired) electrons. The van der Waals surface area contributed by atoms with E-state index in [-0.39, 0.29) is 34.8 Å². The van der Waals surface area contributed by atoms with Crippen molar-refractivity contribution in [2.24, 2.45) is 17.0 Å². The van der Waals surface area contributed by atoms with Crippen LogP contribution in [0, 0.1) is 11.8 Å². The number of carbonyl (C=O) groups is 2. The molecule has 2 heterocycles. The summed E-state index contributed by atoms with van der Waals surface area (Å²) in [6.45, 7) is 4.11. The largest absolute Gasteiger partial charge is 0.375 e. The first kappa shape index (κ1) is 25.0. The van der Waals surface area contributed by atoms with Gasteiger partial charge in [-0.3, -0.25) is 18.7 Å². The molecule has 0 spiro atoms. The van der Waals surface area contributed by atoms with Crippen molar-refractivity contribution in [3.05, 3.63) is 66.3 Å². The van der Waals surface area contributed by atoms with Gasteiger partial charge in [0.1, 0.15) is 0 Å². The first-order chi connectivity index (χ1) is 18.1. The highest BCUT2D eigenvalue weighted by Crippen LogP contribution is 2.49. The van der Waals surface area contributed by atoms with Crippen LogP contribution in [0.5, 0.6) is 0 Å².